The zero-order valence-corrected chi connectivity index (χ0v) is 26.0. The minimum Gasteiger partial charge on any atom is -0.372 e. The van der Waals surface area contributed by atoms with Gasteiger partial charge in [-0.3, -0.25) is 14.5 Å². The van der Waals surface area contributed by atoms with Crippen molar-refractivity contribution in [2.24, 2.45) is 5.73 Å². The summed E-state index contributed by atoms with van der Waals surface area (Å²) in [6.07, 6.45) is 0.952. The molecule has 0 aliphatic carbocycles. The van der Waals surface area contributed by atoms with E-state index in [9.17, 15) is 14.4 Å². The van der Waals surface area contributed by atoms with E-state index in [0.29, 0.717) is 18.5 Å². The fraction of sp³-hybridized carbons (Fsp3) is 0.400. The average Bonchev–Trinajstić information content (AvgIpc) is 3.11. The van der Waals surface area contributed by atoms with Crippen molar-refractivity contribution in [1.29, 1.82) is 0 Å². The lowest BCUT2D eigenvalue weighted by atomic mass is 9.86. The Balaban J connectivity index is 1.86. The minimum atomic E-state index is -0.911. The number of hydrogen-bond acceptors (Lipinski definition) is 4. The molecule has 3 unspecified atom stereocenters. The van der Waals surface area contributed by atoms with Crippen LogP contribution in [0.4, 0.5) is 16.2 Å². The summed E-state index contributed by atoms with van der Waals surface area (Å²) in [5, 5.41) is 3.01. The van der Waals surface area contributed by atoms with Crippen molar-refractivity contribution < 1.29 is 14.4 Å². The van der Waals surface area contributed by atoms with E-state index in [4.69, 9.17) is 5.73 Å². The number of primary amides is 1. The summed E-state index contributed by atoms with van der Waals surface area (Å²) in [6.45, 7) is 11.3. The molecule has 3 aromatic rings. The van der Waals surface area contributed by atoms with Crippen LogP contribution in [0.2, 0.25) is 0 Å². The predicted molar refractivity (Wildman–Crippen MR) is 173 cm³/mol. The smallest absolute Gasteiger partial charge is 0.320 e. The number of carbonyl (C=O) groups excluding carboxylic acids is 3. The molecule has 8 heteroatoms. The molecule has 43 heavy (non-hydrogen) atoms. The van der Waals surface area contributed by atoms with Crippen LogP contribution in [-0.4, -0.2) is 54.0 Å². The molecular weight excluding hydrogens is 538 g/mol. The first-order valence-corrected chi connectivity index (χ1v) is 15.2. The first-order chi connectivity index (χ1) is 20.5. The van der Waals surface area contributed by atoms with Crippen LogP contribution >= 0.6 is 0 Å². The first-order valence-electron chi connectivity index (χ1n) is 15.2. The Hall–Kier alpha value is -4.33. The third-order valence-electron chi connectivity index (χ3n) is 8.03. The maximum Gasteiger partial charge on any atom is 0.320 e. The van der Waals surface area contributed by atoms with Gasteiger partial charge < -0.3 is 20.9 Å². The van der Waals surface area contributed by atoms with Crippen LogP contribution in [0, 0.1) is 0 Å². The molecule has 0 spiro atoms. The lowest BCUT2D eigenvalue weighted by Crippen LogP contribution is -2.55. The van der Waals surface area contributed by atoms with Crippen molar-refractivity contribution in [2.45, 2.75) is 71.0 Å². The van der Waals surface area contributed by atoms with Gasteiger partial charge >= 0.3 is 6.03 Å². The molecule has 3 aromatic carbocycles. The number of urea groups is 1. The molecule has 228 valence electrons. The Bertz CT molecular complexity index is 1390. The standard InChI is InChI=1S/C35H45N5O3/c1-6-38(7-2)28-19-14-20-29(23-28)40(34(36)43)31-22-27(25-15-10-8-11-16-25)21-30(26-17-12-9-13-18-26)39(33(31)42)24-32(41)37-35(3,4)5/h8-20,23,27,30-31H,6-7,21-22,24H2,1-5H3,(H2,36,43)(H,37,41). The molecule has 0 radical (unpaired) electrons. The molecule has 1 saturated heterocycles. The van der Waals surface area contributed by atoms with Gasteiger partial charge in [0.2, 0.25) is 11.8 Å². The topological polar surface area (TPSA) is 99.0 Å². The summed E-state index contributed by atoms with van der Waals surface area (Å²) in [4.78, 5) is 46.6. The van der Waals surface area contributed by atoms with E-state index in [1.54, 1.807) is 4.90 Å². The summed E-state index contributed by atoms with van der Waals surface area (Å²) >= 11 is 0. The largest absolute Gasteiger partial charge is 0.372 e. The Morgan fingerprint density at radius 1 is 0.860 bits per heavy atom. The zero-order valence-electron chi connectivity index (χ0n) is 26.0. The van der Waals surface area contributed by atoms with Crippen LogP contribution in [0.15, 0.2) is 84.9 Å². The average molecular weight is 584 g/mol. The van der Waals surface area contributed by atoms with Gasteiger partial charge in [0.25, 0.3) is 0 Å². The number of nitrogens with two attached hydrogens (primary N) is 1. The number of anilines is 2. The first kappa shape index (κ1) is 31.6. The number of rotatable bonds is 9. The molecule has 0 bridgehead atoms. The molecule has 1 aliphatic rings. The molecule has 3 N–H and O–H groups in total. The second-order valence-corrected chi connectivity index (χ2v) is 12.2. The minimum absolute atomic E-state index is 0.0798. The highest BCUT2D eigenvalue weighted by Gasteiger charge is 2.43. The van der Waals surface area contributed by atoms with Gasteiger partial charge in [0, 0.05) is 30.0 Å². The molecule has 4 rings (SSSR count). The van der Waals surface area contributed by atoms with E-state index < -0.39 is 17.6 Å². The molecule has 0 aromatic heterocycles. The van der Waals surface area contributed by atoms with E-state index in [2.05, 4.69) is 36.2 Å². The van der Waals surface area contributed by atoms with Crippen LogP contribution in [0.1, 0.15) is 70.5 Å². The van der Waals surface area contributed by atoms with Crippen LogP contribution in [-0.2, 0) is 9.59 Å². The van der Waals surface area contributed by atoms with Crippen molar-refractivity contribution in [3.63, 3.8) is 0 Å². The molecule has 8 nitrogen and oxygen atoms in total. The fourth-order valence-electron chi connectivity index (χ4n) is 6.10. The van der Waals surface area contributed by atoms with Gasteiger partial charge in [0.05, 0.1) is 6.04 Å². The normalized spacial score (nSPS) is 19.0. The number of benzene rings is 3. The highest BCUT2D eigenvalue weighted by atomic mass is 16.2. The highest BCUT2D eigenvalue weighted by Crippen LogP contribution is 2.41. The van der Waals surface area contributed by atoms with Crippen LogP contribution in [0.5, 0.6) is 0 Å². The molecule has 1 fully saturated rings. The van der Waals surface area contributed by atoms with Crippen LogP contribution in [0.3, 0.4) is 0 Å². The molecule has 1 aliphatic heterocycles. The molecule has 4 amide bonds. The van der Waals surface area contributed by atoms with E-state index in [0.717, 1.165) is 29.9 Å². The lowest BCUT2D eigenvalue weighted by molar-refractivity contribution is -0.139. The second-order valence-electron chi connectivity index (χ2n) is 12.2. The summed E-state index contributed by atoms with van der Waals surface area (Å²) in [5.74, 6) is -0.639. The molecule has 3 atom stereocenters. The Kier molecular flexibility index (Phi) is 10.1. The van der Waals surface area contributed by atoms with E-state index in [1.165, 1.54) is 4.90 Å². The van der Waals surface area contributed by atoms with E-state index >= 15 is 0 Å². The quantitative estimate of drug-likeness (QED) is 0.330. The van der Waals surface area contributed by atoms with Crippen molar-refractivity contribution in [3.8, 4) is 0 Å². The third kappa shape index (κ3) is 7.74. The van der Waals surface area contributed by atoms with Gasteiger partial charge in [-0.2, -0.15) is 0 Å². The number of nitrogens with zero attached hydrogens (tertiary/aromatic N) is 3. The molecule has 0 saturated carbocycles. The van der Waals surface area contributed by atoms with Gasteiger partial charge in [-0.05, 0) is 82.7 Å². The summed E-state index contributed by atoms with van der Waals surface area (Å²) < 4.78 is 0. The fourth-order valence-corrected chi connectivity index (χ4v) is 6.10. The summed E-state index contributed by atoms with van der Waals surface area (Å²) in [7, 11) is 0. The maximum atomic E-state index is 14.7. The van der Waals surface area contributed by atoms with Crippen molar-refractivity contribution in [3.05, 3.63) is 96.1 Å². The predicted octanol–water partition coefficient (Wildman–Crippen LogP) is 5.85. The number of hydrogen-bond donors (Lipinski definition) is 2. The number of amides is 4. The molecular formula is C35H45N5O3. The van der Waals surface area contributed by atoms with Crippen molar-refractivity contribution in [2.75, 3.05) is 29.4 Å². The van der Waals surface area contributed by atoms with Gasteiger partial charge in [0.1, 0.15) is 12.6 Å². The van der Waals surface area contributed by atoms with E-state index in [1.807, 2.05) is 93.6 Å². The van der Waals surface area contributed by atoms with Gasteiger partial charge in [0.15, 0.2) is 0 Å². The Morgan fingerprint density at radius 2 is 1.44 bits per heavy atom. The van der Waals surface area contributed by atoms with Crippen molar-refractivity contribution >= 4 is 29.2 Å². The van der Waals surface area contributed by atoms with E-state index in [-0.39, 0.29) is 30.3 Å². The highest BCUT2D eigenvalue weighted by molar-refractivity contribution is 6.00. The van der Waals surface area contributed by atoms with Crippen LogP contribution < -0.4 is 20.9 Å². The second kappa shape index (κ2) is 13.8. The third-order valence-corrected chi connectivity index (χ3v) is 8.03. The van der Waals surface area contributed by atoms with Crippen LogP contribution in [0.25, 0.3) is 0 Å². The zero-order chi connectivity index (χ0) is 31.1. The van der Waals surface area contributed by atoms with Gasteiger partial charge in [-0.25, -0.2) is 4.79 Å². The SMILES string of the molecule is CCN(CC)c1cccc(N(C(N)=O)C2CC(c3ccccc3)CC(c3ccccc3)N(CC(=O)NC(C)(C)C)C2=O)c1. The number of likely N-dealkylation sites (tertiary alicyclic amines) is 1. The summed E-state index contributed by atoms with van der Waals surface area (Å²) in [6, 6.07) is 25.5. The van der Waals surface area contributed by atoms with Gasteiger partial charge in [-0.1, -0.05) is 66.7 Å². The number of carbonyl (C=O) groups is 3. The Morgan fingerprint density at radius 3 is 2.00 bits per heavy atom. The summed E-state index contributed by atoms with van der Waals surface area (Å²) in [5.41, 5.74) is 9.13. The monoisotopic (exact) mass is 583 g/mol. The Labute approximate surface area is 255 Å². The lowest BCUT2D eigenvalue weighted by Gasteiger charge is -2.36. The molecule has 1 heterocycles. The number of nitrogens with one attached hydrogen (secondary N) is 1. The maximum absolute atomic E-state index is 14.7. The van der Waals surface area contributed by atoms with Crippen molar-refractivity contribution in [1.82, 2.24) is 10.2 Å². The van der Waals surface area contributed by atoms with Gasteiger partial charge in [-0.15, -0.1) is 0 Å².